The Kier molecular flexibility index (Phi) is 4.24. The van der Waals surface area contributed by atoms with Crippen LogP contribution in [0.25, 0.3) is 6.08 Å². The maximum Gasteiger partial charge on any atom is 0.331 e. The van der Waals surface area contributed by atoms with E-state index in [1.807, 2.05) is 6.07 Å². The SMILES string of the molecule is Cc1noc(COC(=O)C=Cc2ccccc2C#N)n1. The number of nitrogens with zero attached hydrogens (tertiary/aromatic N) is 3. The number of benzene rings is 1. The van der Waals surface area contributed by atoms with E-state index >= 15 is 0 Å². The standard InChI is InChI=1S/C14H11N3O3/c1-10-16-13(20-17-10)9-19-14(18)7-6-11-4-2-3-5-12(11)8-15/h2-7H,9H2,1H3. The number of aromatic nitrogens is 2. The van der Waals surface area contributed by atoms with Crippen LogP contribution in [0, 0.1) is 18.3 Å². The first kappa shape index (κ1) is 13.5. The van der Waals surface area contributed by atoms with Crippen LogP contribution in [0.4, 0.5) is 0 Å². The number of ether oxygens (including phenoxy) is 1. The van der Waals surface area contributed by atoms with Gasteiger partial charge in [0, 0.05) is 6.08 Å². The van der Waals surface area contributed by atoms with Crippen LogP contribution in [0.5, 0.6) is 0 Å². The molecule has 0 saturated heterocycles. The van der Waals surface area contributed by atoms with Crippen molar-refractivity contribution in [1.29, 1.82) is 5.26 Å². The van der Waals surface area contributed by atoms with Gasteiger partial charge in [-0.1, -0.05) is 23.4 Å². The molecule has 0 aliphatic heterocycles. The summed E-state index contributed by atoms with van der Waals surface area (Å²) >= 11 is 0. The summed E-state index contributed by atoms with van der Waals surface area (Å²) in [5, 5.41) is 12.5. The molecule has 0 fully saturated rings. The van der Waals surface area contributed by atoms with Gasteiger partial charge in [-0.3, -0.25) is 0 Å². The molecule has 6 nitrogen and oxygen atoms in total. The monoisotopic (exact) mass is 269 g/mol. The predicted molar refractivity (Wildman–Crippen MR) is 69.0 cm³/mol. The highest BCUT2D eigenvalue weighted by atomic mass is 16.6. The zero-order valence-electron chi connectivity index (χ0n) is 10.7. The fraction of sp³-hybridized carbons (Fsp3) is 0.143. The van der Waals surface area contributed by atoms with Gasteiger partial charge < -0.3 is 9.26 Å². The summed E-state index contributed by atoms with van der Waals surface area (Å²) in [4.78, 5) is 15.4. The van der Waals surface area contributed by atoms with Crippen molar-refractivity contribution in [1.82, 2.24) is 10.1 Å². The lowest BCUT2D eigenvalue weighted by atomic mass is 10.1. The average molecular weight is 269 g/mol. The van der Waals surface area contributed by atoms with E-state index in [1.54, 1.807) is 31.2 Å². The highest BCUT2D eigenvalue weighted by Crippen LogP contribution is 2.09. The van der Waals surface area contributed by atoms with Crippen molar-refractivity contribution in [3.05, 3.63) is 53.2 Å². The summed E-state index contributed by atoms with van der Waals surface area (Å²) in [6, 6.07) is 9.00. The number of hydrogen-bond donors (Lipinski definition) is 0. The maximum atomic E-state index is 11.5. The Bertz CT molecular complexity index is 683. The first-order chi connectivity index (χ1) is 9.69. The molecule has 0 aliphatic carbocycles. The minimum absolute atomic E-state index is 0.0795. The van der Waals surface area contributed by atoms with Crippen LogP contribution in [0.2, 0.25) is 0 Å². The number of hydrogen-bond acceptors (Lipinski definition) is 6. The predicted octanol–water partition coefficient (Wildman–Crippen LogP) is 2.01. The van der Waals surface area contributed by atoms with E-state index in [0.717, 1.165) is 0 Å². The third kappa shape index (κ3) is 3.53. The molecule has 0 unspecified atom stereocenters. The summed E-state index contributed by atoms with van der Waals surface area (Å²) in [5.41, 5.74) is 1.14. The lowest BCUT2D eigenvalue weighted by molar-refractivity contribution is -0.139. The Morgan fingerprint density at radius 2 is 2.30 bits per heavy atom. The summed E-state index contributed by atoms with van der Waals surface area (Å²) in [5.74, 6) is 0.171. The van der Waals surface area contributed by atoms with Gasteiger partial charge in [0.2, 0.25) is 0 Å². The number of rotatable bonds is 4. The zero-order valence-corrected chi connectivity index (χ0v) is 10.7. The van der Waals surface area contributed by atoms with Gasteiger partial charge >= 0.3 is 5.97 Å². The molecule has 0 aliphatic rings. The minimum Gasteiger partial charge on any atom is -0.452 e. The Labute approximate surface area is 115 Å². The van der Waals surface area contributed by atoms with Crippen molar-refractivity contribution in [2.45, 2.75) is 13.5 Å². The van der Waals surface area contributed by atoms with Crippen molar-refractivity contribution in [2.75, 3.05) is 0 Å². The van der Waals surface area contributed by atoms with Gasteiger partial charge in [-0.25, -0.2) is 4.79 Å². The lowest BCUT2D eigenvalue weighted by Gasteiger charge is -1.98. The van der Waals surface area contributed by atoms with Crippen LogP contribution in [0.1, 0.15) is 22.8 Å². The second kappa shape index (κ2) is 6.29. The Balaban J connectivity index is 1.94. The normalized spacial score (nSPS) is 10.4. The van der Waals surface area contributed by atoms with Crippen LogP contribution < -0.4 is 0 Å². The molecule has 0 N–H and O–H groups in total. The number of aryl methyl sites for hydroxylation is 1. The van der Waals surface area contributed by atoms with Crippen LogP contribution in [0.15, 0.2) is 34.9 Å². The van der Waals surface area contributed by atoms with Crippen LogP contribution in [0.3, 0.4) is 0 Å². The number of esters is 1. The molecule has 2 aromatic rings. The molecule has 0 bridgehead atoms. The molecule has 2 rings (SSSR count). The van der Waals surface area contributed by atoms with Gasteiger partial charge in [0.05, 0.1) is 11.6 Å². The Hall–Kier alpha value is -2.94. The first-order valence-corrected chi connectivity index (χ1v) is 5.82. The minimum atomic E-state index is -0.548. The van der Waals surface area contributed by atoms with E-state index in [9.17, 15) is 4.79 Å². The fourth-order valence-electron chi connectivity index (χ4n) is 1.48. The molecule has 0 radical (unpaired) electrons. The lowest BCUT2D eigenvalue weighted by Crippen LogP contribution is -2.01. The van der Waals surface area contributed by atoms with Crippen LogP contribution in [-0.2, 0) is 16.1 Å². The summed E-state index contributed by atoms with van der Waals surface area (Å²) in [6.07, 6.45) is 2.78. The quantitative estimate of drug-likeness (QED) is 0.623. The van der Waals surface area contributed by atoms with Gasteiger partial charge in [-0.05, 0) is 24.6 Å². The maximum absolute atomic E-state index is 11.5. The molecule has 1 aromatic carbocycles. The van der Waals surface area contributed by atoms with E-state index < -0.39 is 5.97 Å². The fourth-order valence-corrected chi connectivity index (χ4v) is 1.48. The van der Waals surface area contributed by atoms with Gasteiger partial charge in [-0.15, -0.1) is 0 Å². The number of nitriles is 1. The Morgan fingerprint density at radius 3 is 3.00 bits per heavy atom. The molecule has 100 valence electrons. The molecular weight excluding hydrogens is 258 g/mol. The van der Waals surface area contributed by atoms with Crippen molar-refractivity contribution >= 4 is 12.0 Å². The molecule has 1 aromatic heterocycles. The molecule has 0 atom stereocenters. The smallest absolute Gasteiger partial charge is 0.331 e. The van der Waals surface area contributed by atoms with E-state index in [4.69, 9.17) is 14.5 Å². The van der Waals surface area contributed by atoms with E-state index in [2.05, 4.69) is 10.1 Å². The first-order valence-electron chi connectivity index (χ1n) is 5.82. The van der Waals surface area contributed by atoms with E-state index in [1.165, 1.54) is 12.2 Å². The third-order valence-corrected chi connectivity index (χ3v) is 2.39. The topological polar surface area (TPSA) is 89.0 Å². The number of carbonyl (C=O) groups excluding carboxylic acids is 1. The second-order valence-electron chi connectivity index (χ2n) is 3.88. The average Bonchev–Trinajstić information content (AvgIpc) is 2.89. The van der Waals surface area contributed by atoms with Crippen molar-refractivity contribution in [3.63, 3.8) is 0 Å². The third-order valence-electron chi connectivity index (χ3n) is 2.39. The largest absolute Gasteiger partial charge is 0.452 e. The van der Waals surface area contributed by atoms with Gasteiger partial charge in [0.15, 0.2) is 12.4 Å². The van der Waals surface area contributed by atoms with Gasteiger partial charge in [0.1, 0.15) is 0 Å². The molecule has 0 saturated carbocycles. The second-order valence-corrected chi connectivity index (χ2v) is 3.88. The van der Waals surface area contributed by atoms with Crippen molar-refractivity contribution in [3.8, 4) is 6.07 Å². The van der Waals surface area contributed by atoms with Gasteiger partial charge in [0.25, 0.3) is 5.89 Å². The van der Waals surface area contributed by atoms with Crippen molar-refractivity contribution < 1.29 is 14.1 Å². The number of carbonyl (C=O) groups is 1. The molecule has 0 amide bonds. The van der Waals surface area contributed by atoms with E-state index in [0.29, 0.717) is 17.0 Å². The molecule has 20 heavy (non-hydrogen) atoms. The zero-order chi connectivity index (χ0) is 14.4. The molecule has 1 heterocycles. The highest BCUT2D eigenvalue weighted by Gasteiger charge is 2.05. The van der Waals surface area contributed by atoms with E-state index in [-0.39, 0.29) is 12.5 Å². The van der Waals surface area contributed by atoms with Gasteiger partial charge in [-0.2, -0.15) is 10.2 Å². The highest BCUT2D eigenvalue weighted by molar-refractivity contribution is 5.87. The van der Waals surface area contributed by atoms with Crippen molar-refractivity contribution in [2.24, 2.45) is 0 Å². The van der Waals surface area contributed by atoms with Crippen LogP contribution >= 0.6 is 0 Å². The molecule has 0 spiro atoms. The Morgan fingerprint density at radius 1 is 1.50 bits per heavy atom. The summed E-state index contributed by atoms with van der Waals surface area (Å²) in [7, 11) is 0. The summed E-state index contributed by atoms with van der Waals surface area (Å²) < 4.78 is 9.74. The summed E-state index contributed by atoms with van der Waals surface area (Å²) in [6.45, 7) is 1.59. The van der Waals surface area contributed by atoms with Crippen LogP contribution in [-0.4, -0.2) is 16.1 Å². The molecular formula is C14H11N3O3. The molecule has 6 heteroatoms.